The van der Waals surface area contributed by atoms with Gasteiger partial charge in [-0.05, 0) is 116 Å². The van der Waals surface area contributed by atoms with Gasteiger partial charge in [-0.1, -0.05) is 0 Å². The van der Waals surface area contributed by atoms with Crippen LogP contribution >= 0.6 is 72.3 Å². The Kier molecular flexibility index (Phi) is 90.3. The van der Waals surface area contributed by atoms with Crippen molar-refractivity contribution in [3.8, 4) is 0 Å². The highest BCUT2D eigenvalue weighted by atomic mass is 32.2. The van der Waals surface area contributed by atoms with Crippen LogP contribution in [-0.2, 0) is 95.9 Å². The lowest BCUT2D eigenvalue weighted by Crippen LogP contribution is -2.35. The number of nitrogens with one attached hydrogen (secondary N) is 4. The summed E-state index contributed by atoms with van der Waals surface area (Å²) in [6.07, 6.45) is 0.630. The number of carbonyl (C=O) groups excluding carboxylic acids is 15. The Hall–Kier alpha value is -6.74. The van der Waals surface area contributed by atoms with Gasteiger partial charge in [-0.2, -0.15) is 72.3 Å². The van der Waals surface area contributed by atoms with E-state index >= 15 is 0 Å². The molecule has 4 saturated heterocycles. The number of carboxylic acids is 5. The summed E-state index contributed by atoms with van der Waals surface area (Å²) >= 11 is 12.7. The molecule has 48 nitrogen and oxygen atoms in total. The highest BCUT2D eigenvalue weighted by Crippen LogP contribution is 2.11. The number of carbonyl (C=O) groups is 20. The molecular weight excluding hydrogens is 1820 g/mol. The number of aliphatic hydroxyl groups is 4. The minimum atomic E-state index is -1.04. The predicted molar refractivity (Wildman–Crippen MR) is 500 cm³/mol. The Morgan fingerprint density at radius 3 is 0.481 bits per heavy atom. The van der Waals surface area contributed by atoms with E-state index in [2.05, 4.69) is 46.5 Å². The third-order valence-electron chi connectivity index (χ3n) is 16.4. The number of hydrogen-bond acceptors (Lipinski definition) is 47. The number of carboxylic acid groups (broad SMARTS) is 5. The van der Waals surface area contributed by atoms with Crippen LogP contribution in [0.5, 0.6) is 0 Å². The number of hydrogen-bond donors (Lipinski definition) is 30. The number of amides is 2. The molecule has 0 aromatic carbocycles. The Balaban J connectivity index is -0.000000174. The summed E-state index contributed by atoms with van der Waals surface area (Å²) in [5.41, 5.74) is 77.9. The summed E-state index contributed by atoms with van der Waals surface area (Å²) < 4.78 is 0. The molecule has 0 unspecified atom stereocenters. The number of thiol groups is 2. The molecule has 54 heteroatoms. The summed E-state index contributed by atoms with van der Waals surface area (Å²) in [6.45, 7) is 20.9. The van der Waals surface area contributed by atoms with Crippen molar-refractivity contribution >= 4 is 189 Å². The predicted octanol–water partition coefficient (Wildman–Crippen LogP) is -10.0. The lowest BCUT2D eigenvalue weighted by atomic mass is 10.1. The number of aliphatic carboxylic acids is 5. The Morgan fingerprint density at radius 1 is 0.264 bits per heavy atom. The van der Waals surface area contributed by atoms with E-state index < -0.39 is 108 Å². The van der Waals surface area contributed by atoms with Crippen LogP contribution in [0.15, 0.2) is 0 Å². The van der Waals surface area contributed by atoms with E-state index in [0.29, 0.717) is 86.4 Å². The molecule has 0 aromatic rings. The first-order valence-corrected chi connectivity index (χ1v) is 45.2. The van der Waals surface area contributed by atoms with Gasteiger partial charge in [0.1, 0.15) is 99.3 Å². The minimum absolute atomic E-state index is 0.00463. The highest BCUT2D eigenvalue weighted by Gasteiger charge is 2.29. The second-order valence-electron chi connectivity index (χ2n) is 29.0. The first-order valence-electron chi connectivity index (χ1n) is 39.3. The van der Waals surface area contributed by atoms with Crippen molar-refractivity contribution in [1.29, 1.82) is 0 Å². The van der Waals surface area contributed by atoms with Crippen molar-refractivity contribution in [2.24, 2.45) is 86.0 Å². The van der Waals surface area contributed by atoms with Gasteiger partial charge in [0.25, 0.3) is 0 Å². The van der Waals surface area contributed by atoms with E-state index in [1.54, 1.807) is 0 Å². The molecule has 21 atom stereocenters. The molecule has 0 spiro atoms. The second kappa shape index (κ2) is 83.1. The van der Waals surface area contributed by atoms with Gasteiger partial charge in [0, 0.05) is 96.5 Å². The molecule has 0 saturated carbocycles. The number of nitrogens with two attached hydrogens (primary N) is 15. The molecule has 0 aromatic heterocycles. The maximum atomic E-state index is 10.7. The fourth-order valence-corrected chi connectivity index (χ4v) is 12.1. The van der Waals surface area contributed by atoms with Crippen LogP contribution in [0.3, 0.4) is 0 Å². The van der Waals surface area contributed by atoms with Gasteiger partial charge in [0.15, 0.2) is 0 Å². The molecular formula is C75H147N19O29S6. The van der Waals surface area contributed by atoms with Crippen molar-refractivity contribution in [1.82, 2.24) is 21.3 Å². The fourth-order valence-electron chi connectivity index (χ4n) is 7.46. The first kappa shape index (κ1) is 140. The molecule has 0 radical (unpaired) electrons. The quantitative estimate of drug-likeness (QED) is 0.0253. The zero-order chi connectivity index (χ0) is 103. The third-order valence-corrected chi connectivity index (χ3v) is 21.9. The minimum Gasteiger partial charge on any atom is -0.481 e. The summed E-state index contributed by atoms with van der Waals surface area (Å²) in [6, 6.07) is -9.05. The van der Waals surface area contributed by atoms with Gasteiger partial charge in [0.2, 0.25) is 11.8 Å². The van der Waals surface area contributed by atoms with Crippen molar-refractivity contribution in [3.63, 3.8) is 0 Å². The molecule has 129 heavy (non-hydrogen) atoms. The number of primary amides is 2. The number of aliphatic hydroxyl groups excluding tert-OH is 4. The zero-order valence-corrected chi connectivity index (χ0v) is 80.4. The summed E-state index contributed by atoms with van der Waals surface area (Å²) in [7, 11) is 0. The van der Waals surface area contributed by atoms with Crippen molar-refractivity contribution in [3.05, 3.63) is 0 Å². The van der Waals surface area contributed by atoms with Gasteiger partial charge < -0.3 is 153 Å². The number of β-amino-alcohol motifs (C(OH)–C–C–N with tert-alkyl or cyclic N) is 4. The number of Topliss-reactive ketones (excluding diaryl/α,β-unsaturated/α-hetero) is 13. The second-order valence-corrected chi connectivity index (χ2v) is 34.1. The normalized spacial score (nSPS) is 19.9. The SMILES string of the molecule is CC(=O)[C@@H](N)CC(=O)O.CC(=O)[C@@H](N)CC(N)=O.CC(=O)[C@@H](N)CS.CC(=O)[C@@H](N)CSC[C@@H](N)C(=O)O.CC(=O)[C@@H](N)CSC[C@H](N)C(=O)O.CC(=O)[C@@H]1C[C@@H](O)CN1.CC(=O)[C@@H]1C[C@H](O)CN1.CC(=O)[C@H](N)CC(N)=O.CC(=O)[C@H](N)CS.CC(=O)[C@H](N)CSC[C@@H](N)C(=O)O.CC(=O)[C@H](N)CSC[C@H](N)C(=O)O.CC(=O)[C@H]1C[C@@H](O)CN1.CC(=O)[C@H]1C[C@H](O)CN1. The van der Waals surface area contributed by atoms with Crippen LogP contribution in [0.4, 0.5) is 0 Å². The molecule has 2 amide bonds. The Bertz CT molecular complexity index is 2930. The van der Waals surface area contributed by atoms with Crippen LogP contribution in [0, 0.1) is 0 Å². The van der Waals surface area contributed by atoms with E-state index in [0.717, 1.165) is 0 Å². The molecule has 0 aliphatic carbocycles. The van der Waals surface area contributed by atoms with Gasteiger partial charge >= 0.3 is 29.8 Å². The summed E-state index contributed by atoms with van der Waals surface area (Å²) in [4.78, 5) is 208. The maximum Gasteiger partial charge on any atom is 0.321 e. The first-order chi connectivity index (χ1) is 59.1. The fraction of sp³-hybridized carbons (Fsp3) is 0.733. The van der Waals surface area contributed by atoms with Crippen LogP contribution in [-0.4, -0.2) is 374 Å². The molecule has 4 fully saturated rings. The number of rotatable bonds is 41. The molecule has 4 aliphatic rings. The molecule has 752 valence electrons. The third kappa shape index (κ3) is 91.5. The molecule has 4 rings (SSSR count). The Morgan fingerprint density at radius 2 is 0.411 bits per heavy atom. The average Bonchev–Trinajstić information content (AvgIpc) is 1.79. The zero-order valence-electron chi connectivity index (χ0n) is 75.4. The van der Waals surface area contributed by atoms with Crippen molar-refractivity contribution < 1.29 is 142 Å². The average molecular weight is 1970 g/mol. The van der Waals surface area contributed by atoms with E-state index in [1.165, 1.54) is 137 Å². The van der Waals surface area contributed by atoms with Crippen molar-refractivity contribution in [2.75, 3.05) is 83.7 Å². The largest absolute Gasteiger partial charge is 0.481 e. The van der Waals surface area contributed by atoms with Gasteiger partial charge in [-0.15, -0.1) is 0 Å². The standard InChI is InChI=1S/4C7H14N2O3S.4C6H11NO2.2C5H10N2O2.C5H9NO3.2C4H9NOS/c4*1-4(10)5(8)2-13-3-6(9)7(11)12;4*1-4(8)6-2-5(9)3-7-6;2*1-3(8)4(6)2-5(7)9;1-3(7)4(6)2-5(8)9;2*1-3(6)4(5)2-7/h4*5-6H,2-3,8-9H2,1H3,(H,11,12);4*5-7,9H,2-3H2,1H3;2*4H,2,6H2,1H3,(H2,7,9);4H,2,6H2,1H3,(H,8,9);2*4,7H,2,5H2,1H3/t2*5-,6+;2*5-,6-;2*5-,6+;2*5-,6-;5*4-/m1010101010010/s1. The lowest BCUT2D eigenvalue weighted by molar-refractivity contribution is -0.139. The smallest absolute Gasteiger partial charge is 0.321 e. The summed E-state index contributed by atoms with van der Waals surface area (Å²) in [5.74, 6) is -3.32. The van der Waals surface area contributed by atoms with Crippen LogP contribution < -0.4 is 107 Å². The molecule has 4 aliphatic heterocycles. The van der Waals surface area contributed by atoms with Gasteiger partial charge in [-0.25, -0.2) is 0 Å². The summed E-state index contributed by atoms with van der Waals surface area (Å²) in [5, 5.41) is 89.1. The van der Waals surface area contributed by atoms with Crippen LogP contribution in [0.2, 0.25) is 0 Å². The van der Waals surface area contributed by atoms with E-state index in [-0.39, 0.29) is 178 Å². The van der Waals surface area contributed by atoms with E-state index in [1.807, 2.05) is 0 Å². The van der Waals surface area contributed by atoms with E-state index in [4.69, 9.17) is 132 Å². The molecule has 0 bridgehead atoms. The van der Waals surface area contributed by atoms with Gasteiger partial charge in [0.05, 0.1) is 109 Å². The number of ketones is 13. The molecule has 4 heterocycles. The van der Waals surface area contributed by atoms with E-state index in [9.17, 15) is 95.9 Å². The topological polar surface area (TPSA) is 962 Å². The van der Waals surface area contributed by atoms with Crippen LogP contribution in [0.1, 0.15) is 135 Å². The highest BCUT2D eigenvalue weighted by molar-refractivity contribution is 8.00. The van der Waals surface area contributed by atoms with Crippen molar-refractivity contribution in [2.45, 2.75) is 262 Å². The van der Waals surface area contributed by atoms with Crippen LogP contribution in [0.25, 0.3) is 0 Å². The number of thioether (sulfide) groups is 4. The Labute approximate surface area is 779 Å². The molecule has 43 N–H and O–H groups in total. The van der Waals surface area contributed by atoms with Gasteiger partial charge in [-0.3, -0.25) is 95.9 Å². The monoisotopic (exact) mass is 1970 g/mol. The maximum absolute atomic E-state index is 10.7. The lowest BCUT2D eigenvalue weighted by Gasteiger charge is -2.08.